The molecule has 2 aromatic heterocycles. The molecule has 3 heterocycles. The minimum absolute atomic E-state index is 0.0140. The van der Waals surface area contributed by atoms with Gasteiger partial charge in [-0.2, -0.15) is 4.98 Å². The van der Waals surface area contributed by atoms with Gasteiger partial charge in [0.15, 0.2) is 11.4 Å². The van der Waals surface area contributed by atoms with Crippen molar-refractivity contribution >= 4 is 17.0 Å². The highest BCUT2D eigenvalue weighted by atomic mass is 16.5. The molecule has 1 aromatic carbocycles. The number of oxazole rings is 1. The Kier molecular flexibility index (Phi) is 4.29. The van der Waals surface area contributed by atoms with E-state index in [1.54, 1.807) is 30.0 Å². The maximum atomic E-state index is 12.6. The molecular weight excluding hydrogens is 338 g/mol. The van der Waals surface area contributed by atoms with E-state index in [1.807, 2.05) is 6.07 Å². The lowest BCUT2D eigenvalue weighted by Gasteiger charge is -2.34. The first kappa shape index (κ1) is 16.5. The Balaban J connectivity index is 1.37. The number of aromatic nitrogens is 3. The van der Waals surface area contributed by atoms with E-state index in [2.05, 4.69) is 15.0 Å². The Morgan fingerprint density at radius 1 is 1.19 bits per heavy atom. The predicted molar refractivity (Wildman–Crippen MR) is 91.4 cm³/mol. The van der Waals surface area contributed by atoms with Gasteiger partial charge in [0.1, 0.15) is 6.54 Å². The van der Waals surface area contributed by atoms with Gasteiger partial charge in [0.05, 0.1) is 12.1 Å². The highest BCUT2D eigenvalue weighted by Gasteiger charge is 2.23. The average Bonchev–Trinajstić information content (AvgIpc) is 3.19. The molecular formula is C17H19N5O4. The second-order valence-electron chi connectivity index (χ2n) is 6.31. The molecule has 1 aliphatic heterocycles. The van der Waals surface area contributed by atoms with E-state index < -0.39 is 5.76 Å². The van der Waals surface area contributed by atoms with Crippen LogP contribution in [0.15, 0.2) is 38.0 Å². The standard InChI is InChI=1S/C17H19N5O4/c1-12-18-15(19-26-12)10-20-6-8-21(9-7-20)16(23)11-22-13-4-2-3-5-14(13)25-17(22)24/h2-5H,6-11H2,1H3. The van der Waals surface area contributed by atoms with Crippen molar-refractivity contribution < 1.29 is 13.7 Å². The number of amides is 1. The summed E-state index contributed by atoms with van der Waals surface area (Å²) in [4.78, 5) is 32.7. The fourth-order valence-corrected chi connectivity index (χ4v) is 3.16. The largest absolute Gasteiger partial charge is 0.420 e. The predicted octanol–water partition coefficient (Wildman–Crippen LogP) is 0.630. The van der Waals surface area contributed by atoms with Gasteiger partial charge < -0.3 is 13.8 Å². The maximum absolute atomic E-state index is 12.6. The van der Waals surface area contributed by atoms with Gasteiger partial charge in [-0.15, -0.1) is 0 Å². The molecule has 9 heteroatoms. The zero-order valence-corrected chi connectivity index (χ0v) is 14.4. The van der Waals surface area contributed by atoms with E-state index >= 15 is 0 Å². The summed E-state index contributed by atoms with van der Waals surface area (Å²) >= 11 is 0. The third-order valence-corrected chi connectivity index (χ3v) is 4.53. The van der Waals surface area contributed by atoms with Crippen molar-refractivity contribution in [1.29, 1.82) is 0 Å². The molecule has 0 bridgehead atoms. The maximum Gasteiger partial charge on any atom is 0.420 e. The van der Waals surface area contributed by atoms with Crippen molar-refractivity contribution in [2.45, 2.75) is 20.0 Å². The first-order valence-corrected chi connectivity index (χ1v) is 8.48. The Bertz CT molecular complexity index is 980. The van der Waals surface area contributed by atoms with Crippen molar-refractivity contribution in [3.05, 3.63) is 46.5 Å². The molecule has 136 valence electrons. The van der Waals surface area contributed by atoms with Gasteiger partial charge in [0.25, 0.3) is 0 Å². The van der Waals surface area contributed by atoms with E-state index in [4.69, 9.17) is 8.94 Å². The number of rotatable bonds is 4. The summed E-state index contributed by atoms with van der Waals surface area (Å²) in [5.41, 5.74) is 1.13. The lowest BCUT2D eigenvalue weighted by atomic mass is 10.3. The first-order chi connectivity index (χ1) is 12.6. The number of carbonyl (C=O) groups is 1. The third-order valence-electron chi connectivity index (χ3n) is 4.53. The smallest absolute Gasteiger partial charge is 0.408 e. The fraction of sp³-hybridized carbons (Fsp3) is 0.412. The van der Waals surface area contributed by atoms with Crippen molar-refractivity contribution in [1.82, 2.24) is 24.5 Å². The molecule has 4 rings (SSSR count). The molecule has 3 aromatic rings. The van der Waals surface area contributed by atoms with E-state index in [0.29, 0.717) is 42.4 Å². The molecule has 0 unspecified atom stereocenters. The Labute approximate surface area is 148 Å². The summed E-state index contributed by atoms with van der Waals surface area (Å²) in [6, 6.07) is 7.10. The van der Waals surface area contributed by atoms with E-state index in [0.717, 1.165) is 13.1 Å². The lowest BCUT2D eigenvalue weighted by Crippen LogP contribution is -2.49. The van der Waals surface area contributed by atoms with E-state index in [-0.39, 0.29) is 12.5 Å². The quantitative estimate of drug-likeness (QED) is 0.675. The van der Waals surface area contributed by atoms with Crippen LogP contribution in [0.2, 0.25) is 0 Å². The molecule has 0 spiro atoms. The number of piperazine rings is 1. The van der Waals surface area contributed by atoms with Crippen LogP contribution in [-0.2, 0) is 17.9 Å². The van der Waals surface area contributed by atoms with Crippen LogP contribution in [0.5, 0.6) is 0 Å². The number of fused-ring (bicyclic) bond motifs is 1. The molecule has 0 saturated carbocycles. The summed E-state index contributed by atoms with van der Waals surface area (Å²) in [6.45, 7) is 4.99. The molecule has 0 N–H and O–H groups in total. The van der Waals surface area contributed by atoms with Crippen LogP contribution >= 0.6 is 0 Å². The van der Waals surface area contributed by atoms with Crippen molar-refractivity contribution in [2.24, 2.45) is 0 Å². The highest BCUT2D eigenvalue weighted by Crippen LogP contribution is 2.13. The normalized spacial score (nSPS) is 15.7. The van der Waals surface area contributed by atoms with Crippen molar-refractivity contribution in [3.8, 4) is 0 Å². The number of carbonyl (C=O) groups excluding carboxylic acids is 1. The summed E-state index contributed by atoms with van der Waals surface area (Å²) in [7, 11) is 0. The van der Waals surface area contributed by atoms with Crippen LogP contribution in [0.25, 0.3) is 11.1 Å². The zero-order valence-electron chi connectivity index (χ0n) is 14.4. The van der Waals surface area contributed by atoms with Crippen LogP contribution in [0, 0.1) is 6.92 Å². The average molecular weight is 357 g/mol. The van der Waals surface area contributed by atoms with Gasteiger partial charge >= 0.3 is 5.76 Å². The molecule has 9 nitrogen and oxygen atoms in total. The molecule has 1 amide bonds. The number of hydrogen-bond donors (Lipinski definition) is 0. The SMILES string of the molecule is Cc1nc(CN2CCN(C(=O)Cn3c(=O)oc4ccccc43)CC2)no1. The second-order valence-corrected chi connectivity index (χ2v) is 6.31. The third kappa shape index (κ3) is 3.25. The van der Waals surface area contributed by atoms with Gasteiger partial charge in [0.2, 0.25) is 11.8 Å². The van der Waals surface area contributed by atoms with Crippen LogP contribution in [0.4, 0.5) is 0 Å². The summed E-state index contributed by atoms with van der Waals surface area (Å²) < 4.78 is 11.5. The lowest BCUT2D eigenvalue weighted by molar-refractivity contribution is -0.133. The summed E-state index contributed by atoms with van der Waals surface area (Å²) in [5.74, 6) is 0.602. The minimum atomic E-state index is -0.509. The van der Waals surface area contributed by atoms with Crippen LogP contribution in [0.3, 0.4) is 0 Å². The molecule has 1 saturated heterocycles. The molecule has 26 heavy (non-hydrogen) atoms. The highest BCUT2D eigenvalue weighted by molar-refractivity contribution is 5.79. The van der Waals surface area contributed by atoms with Gasteiger partial charge in [-0.1, -0.05) is 17.3 Å². The summed E-state index contributed by atoms with van der Waals surface area (Å²) in [6.07, 6.45) is 0. The van der Waals surface area contributed by atoms with Gasteiger partial charge in [-0.05, 0) is 12.1 Å². The van der Waals surface area contributed by atoms with Gasteiger partial charge in [-0.25, -0.2) is 4.79 Å². The van der Waals surface area contributed by atoms with Crippen molar-refractivity contribution in [3.63, 3.8) is 0 Å². The molecule has 0 radical (unpaired) electrons. The molecule has 0 aliphatic carbocycles. The minimum Gasteiger partial charge on any atom is -0.408 e. The van der Waals surface area contributed by atoms with Crippen LogP contribution in [-0.4, -0.2) is 56.6 Å². The van der Waals surface area contributed by atoms with Crippen molar-refractivity contribution in [2.75, 3.05) is 26.2 Å². The fourth-order valence-electron chi connectivity index (χ4n) is 3.16. The molecule has 1 fully saturated rings. The van der Waals surface area contributed by atoms with Crippen LogP contribution < -0.4 is 5.76 Å². The first-order valence-electron chi connectivity index (χ1n) is 8.48. The summed E-state index contributed by atoms with van der Waals surface area (Å²) in [5, 5.41) is 3.90. The number of para-hydroxylation sites is 2. The Morgan fingerprint density at radius 3 is 2.69 bits per heavy atom. The number of nitrogens with zero attached hydrogens (tertiary/aromatic N) is 5. The number of aryl methyl sites for hydroxylation is 1. The number of benzene rings is 1. The van der Waals surface area contributed by atoms with E-state index in [1.165, 1.54) is 4.57 Å². The molecule has 0 atom stereocenters. The molecule has 1 aliphatic rings. The topological polar surface area (TPSA) is 97.6 Å². The van der Waals surface area contributed by atoms with E-state index in [9.17, 15) is 9.59 Å². The Hall–Kier alpha value is -2.94. The number of hydrogen-bond acceptors (Lipinski definition) is 7. The van der Waals surface area contributed by atoms with Gasteiger partial charge in [-0.3, -0.25) is 14.3 Å². The van der Waals surface area contributed by atoms with Crippen LogP contribution in [0.1, 0.15) is 11.7 Å². The monoisotopic (exact) mass is 357 g/mol. The zero-order chi connectivity index (χ0) is 18.1. The Morgan fingerprint density at radius 2 is 1.96 bits per heavy atom. The second kappa shape index (κ2) is 6.75. The van der Waals surface area contributed by atoms with Gasteiger partial charge in [0, 0.05) is 33.1 Å².